The molecule has 0 radical (unpaired) electrons. The first-order valence-electron chi connectivity index (χ1n) is 6.47. The average Bonchev–Trinajstić information content (AvgIpc) is 2.93. The molecule has 0 bridgehead atoms. The molecule has 3 rings (SSSR count). The lowest BCUT2D eigenvalue weighted by Gasteiger charge is -2.08. The lowest BCUT2D eigenvalue weighted by Crippen LogP contribution is -1.98. The number of aromatic amines is 1. The van der Waals surface area contributed by atoms with Gasteiger partial charge in [0.2, 0.25) is 0 Å². The van der Waals surface area contributed by atoms with Crippen LogP contribution in [-0.2, 0) is 6.61 Å². The number of ether oxygens (including phenoxy) is 1. The summed E-state index contributed by atoms with van der Waals surface area (Å²) in [5.74, 6) is -1.10. The average molecular weight is 302 g/mol. The number of nitrogens with zero attached hydrogens (tertiary/aromatic N) is 2. The van der Waals surface area contributed by atoms with E-state index >= 15 is 0 Å². The van der Waals surface area contributed by atoms with E-state index in [-0.39, 0.29) is 12.4 Å². The van der Waals surface area contributed by atoms with Crippen LogP contribution in [0.25, 0.3) is 11.3 Å². The molecule has 0 aliphatic carbocycles. The van der Waals surface area contributed by atoms with Gasteiger partial charge in [-0.2, -0.15) is 10.3 Å². The molecule has 5 nitrogen and oxygen atoms in total. The smallest absolute Gasteiger partial charge is 0.173 e. The molecule has 0 aliphatic heterocycles. The van der Waals surface area contributed by atoms with E-state index in [2.05, 4.69) is 15.4 Å². The van der Waals surface area contributed by atoms with Crippen LogP contribution in [0.5, 0.6) is 5.75 Å². The van der Waals surface area contributed by atoms with Gasteiger partial charge in [0.25, 0.3) is 0 Å². The van der Waals surface area contributed by atoms with Crippen molar-refractivity contribution in [3.05, 3.63) is 59.7 Å². The van der Waals surface area contributed by atoms with Crippen LogP contribution in [0.1, 0.15) is 5.56 Å². The van der Waals surface area contributed by atoms with E-state index in [4.69, 9.17) is 10.5 Å². The number of H-pyrrole nitrogens is 1. The van der Waals surface area contributed by atoms with Crippen LogP contribution in [0.3, 0.4) is 0 Å². The molecule has 112 valence electrons. The molecule has 0 aliphatic rings. The molecule has 0 spiro atoms. The fourth-order valence-corrected chi connectivity index (χ4v) is 2.01. The minimum atomic E-state index is -0.739. The lowest BCUT2D eigenvalue weighted by atomic mass is 10.1. The van der Waals surface area contributed by atoms with Crippen molar-refractivity contribution in [3.8, 4) is 17.0 Å². The number of hydrogen-bond acceptors (Lipinski definition) is 4. The summed E-state index contributed by atoms with van der Waals surface area (Å²) in [6.45, 7) is 0.133. The summed E-state index contributed by atoms with van der Waals surface area (Å²) in [4.78, 5) is 0. The summed E-state index contributed by atoms with van der Waals surface area (Å²) < 4.78 is 31.7. The zero-order valence-corrected chi connectivity index (χ0v) is 11.4. The molecular weight excluding hydrogens is 290 g/mol. The molecular formula is C15H12F2N4O. The first kappa shape index (κ1) is 14.0. The molecule has 0 saturated carbocycles. The van der Waals surface area contributed by atoms with Crippen molar-refractivity contribution in [1.82, 2.24) is 15.4 Å². The number of anilines is 1. The Labute approximate surface area is 124 Å². The van der Waals surface area contributed by atoms with E-state index in [1.54, 1.807) is 0 Å². The maximum atomic E-state index is 13.5. The molecule has 3 aromatic rings. The van der Waals surface area contributed by atoms with Crippen LogP contribution >= 0.6 is 0 Å². The van der Waals surface area contributed by atoms with Gasteiger partial charge in [-0.15, -0.1) is 5.10 Å². The summed E-state index contributed by atoms with van der Waals surface area (Å²) in [6.07, 6.45) is 0. The Morgan fingerprint density at radius 2 is 1.95 bits per heavy atom. The van der Waals surface area contributed by atoms with Crippen molar-refractivity contribution in [3.63, 3.8) is 0 Å². The number of nitrogen functional groups attached to an aromatic ring is 1. The third-order valence-corrected chi connectivity index (χ3v) is 3.06. The monoisotopic (exact) mass is 302 g/mol. The Balaban J connectivity index is 1.77. The van der Waals surface area contributed by atoms with Crippen molar-refractivity contribution < 1.29 is 13.5 Å². The van der Waals surface area contributed by atoms with Gasteiger partial charge in [0.05, 0.1) is 0 Å². The molecule has 1 heterocycles. The van der Waals surface area contributed by atoms with E-state index in [9.17, 15) is 8.78 Å². The van der Waals surface area contributed by atoms with Gasteiger partial charge in [-0.3, -0.25) is 0 Å². The summed E-state index contributed by atoms with van der Waals surface area (Å²) >= 11 is 0. The van der Waals surface area contributed by atoms with Gasteiger partial charge in [-0.05, 0) is 23.8 Å². The molecule has 22 heavy (non-hydrogen) atoms. The highest BCUT2D eigenvalue weighted by atomic mass is 19.1. The minimum absolute atomic E-state index is 0.00671. The highest BCUT2D eigenvalue weighted by Gasteiger charge is 2.09. The Bertz CT molecular complexity index is 804. The molecule has 0 atom stereocenters. The van der Waals surface area contributed by atoms with E-state index in [1.807, 2.05) is 24.3 Å². The maximum absolute atomic E-state index is 13.5. The van der Waals surface area contributed by atoms with Gasteiger partial charge in [0, 0.05) is 11.6 Å². The predicted molar refractivity (Wildman–Crippen MR) is 76.9 cm³/mol. The fourth-order valence-electron chi connectivity index (χ4n) is 2.01. The second-order valence-electron chi connectivity index (χ2n) is 4.62. The molecule has 0 saturated heterocycles. The van der Waals surface area contributed by atoms with Crippen LogP contribution < -0.4 is 10.5 Å². The summed E-state index contributed by atoms with van der Waals surface area (Å²) in [6, 6.07) is 10.5. The van der Waals surface area contributed by atoms with Crippen LogP contribution in [0, 0.1) is 11.6 Å². The van der Waals surface area contributed by atoms with E-state index < -0.39 is 11.6 Å². The molecule has 2 aromatic carbocycles. The van der Waals surface area contributed by atoms with E-state index in [0.717, 1.165) is 23.3 Å². The second-order valence-corrected chi connectivity index (χ2v) is 4.62. The van der Waals surface area contributed by atoms with Gasteiger partial charge in [-0.1, -0.05) is 18.2 Å². The third kappa shape index (κ3) is 2.88. The van der Waals surface area contributed by atoms with Crippen molar-refractivity contribution in [2.75, 3.05) is 5.73 Å². The van der Waals surface area contributed by atoms with Crippen molar-refractivity contribution in [2.24, 2.45) is 0 Å². The topological polar surface area (TPSA) is 76.8 Å². The first-order chi connectivity index (χ1) is 10.6. The standard InChI is InChI=1S/C15H12F2N4O/c16-11-4-5-13(12(17)7-11)22-8-9-2-1-3-10(6-9)14-15(18)20-21-19-14/h1-7H,8H2,(H3,18,19,20,21). The fraction of sp³-hybridized carbons (Fsp3) is 0.0667. The second kappa shape index (κ2) is 5.80. The molecule has 0 unspecified atom stereocenters. The van der Waals surface area contributed by atoms with Crippen molar-refractivity contribution in [1.29, 1.82) is 0 Å². The van der Waals surface area contributed by atoms with Crippen molar-refractivity contribution >= 4 is 5.82 Å². The van der Waals surface area contributed by atoms with Crippen LogP contribution in [0.2, 0.25) is 0 Å². The Hall–Kier alpha value is -2.96. The molecule has 1 aromatic heterocycles. The maximum Gasteiger partial charge on any atom is 0.173 e. The largest absolute Gasteiger partial charge is 0.486 e. The Morgan fingerprint density at radius 1 is 1.09 bits per heavy atom. The Kier molecular flexibility index (Phi) is 3.69. The first-order valence-corrected chi connectivity index (χ1v) is 6.47. The minimum Gasteiger partial charge on any atom is -0.486 e. The van der Waals surface area contributed by atoms with Crippen LogP contribution in [0.15, 0.2) is 42.5 Å². The quantitative estimate of drug-likeness (QED) is 0.777. The third-order valence-electron chi connectivity index (χ3n) is 3.06. The molecule has 7 heteroatoms. The van der Waals surface area contributed by atoms with E-state index in [0.29, 0.717) is 11.5 Å². The summed E-state index contributed by atoms with van der Waals surface area (Å²) in [5, 5.41) is 10.2. The van der Waals surface area contributed by atoms with Crippen LogP contribution in [-0.4, -0.2) is 15.4 Å². The number of benzene rings is 2. The lowest BCUT2D eigenvalue weighted by molar-refractivity contribution is 0.289. The van der Waals surface area contributed by atoms with Gasteiger partial charge >= 0.3 is 0 Å². The number of aromatic nitrogens is 3. The van der Waals surface area contributed by atoms with Gasteiger partial charge in [0.1, 0.15) is 18.1 Å². The van der Waals surface area contributed by atoms with Gasteiger partial charge in [-0.25, -0.2) is 8.78 Å². The zero-order chi connectivity index (χ0) is 15.5. The summed E-state index contributed by atoms with van der Waals surface area (Å²) in [7, 11) is 0. The van der Waals surface area contributed by atoms with Crippen molar-refractivity contribution in [2.45, 2.75) is 6.61 Å². The molecule has 0 amide bonds. The number of nitrogens with two attached hydrogens (primary N) is 1. The predicted octanol–water partition coefficient (Wildman–Crippen LogP) is 2.91. The summed E-state index contributed by atoms with van der Waals surface area (Å²) in [5.41, 5.74) is 7.80. The SMILES string of the molecule is Nc1n[nH]nc1-c1cccc(COc2ccc(F)cc2F)c1. The van der Waals surface area contributed by atoms with E-state index in [1.165, 1.54) is 6.07 Å². The van der Waals surface area contributed by atoms with Gasteiger partial charge in [0.15, 0.2) is 17.4 Å². The zero-order valence-electron chi connectivity index (χ0n) is 11.4. The highest BCUT2D eigenvalue weighted by Crippen LogP contribution is 2.23. The number of nitrogens with one attached hydrogen (secondary N) is 1. The molecule has 0 fully saturated rings. The number of halogens is 2. The number of rotatable bonds is 4. The van der Waals surface area contributed by atoms with Gasteiger partial charge < -0.3 is 10.5 Å². The number of hydrogen-bond donors (Lipinski definition) is 2. The van der Waals surface area contributed by atoms with Crippen LogP contribution in [0.4, 0.5) is 14.6 Å². The molecule has 3 N–H and O–H groups in total. The highest BCUT2D eigenvalue weighted by molar-refractivity contribution is 5.69. The normalized spacial score (nSPS) is 10.6. The Morgan fingerprint density at radius 3 is 2.68 bits per heavy atom.